The van der Waals surface area contributed by atoms with Gasteiger partial charge in [0.2, 0.25) is 0 Å². The molecule has 1 amide bonds. The number of carbonyl (C=O) groups excluding carboxylic acids is 1. The summed E-state index contributed by atoms with van der Waals surface area (Å²) in [6.45, 7) is 0.737. The summed E-state index contributed by atoms with van der Waals surface area (Å²) < 4.78 is 0. The molecule has 0 heterocycles. The molecule has 1 aromatic rings. The van der Waals surface area contributed by atoms with Crippen molar-refractivity contribution < 1.29 is 4.79 Å². The zero-order valence-electron chi connectivity index (χ0n) is 11.5. The number of nitrogens with one attached hydrogen (secondary N) is 1. The lowest BCUT2D eigenvalue weighted by Gasteiger charge is -2.25. The first-order valence-corrected chi connectivity index (χ1v) is 9.37. The van der Waals surface area contributed by atoms with Gasteiger partial charge in [0.15, 0.2) is 0 Å². The normalized spacial score (nSPS) is 22.6. The Kier molecular flexibility index (Phi) is 6.24. The highest BCUT2D eigenvalue weighted by molar-refractivity contribution is 9.09. The van der Waals surface area contributed by atoms with Crippen LogP contribution in [0.1, 0.15) is 36.0 Å². The fraction of sp³-hybridized carbons (Fsp3) is 0.533. The van der Waals surface area contributed by atoms with Crippen LogP contribution in [0.15, 0.2) is 23.1 Å². The minimum Gasteiger partial charge on any atom is -0.352 e. The maximum Gasteiger partial charge on any atom is 0.252 e. The first-order chi connectivity index (χ1) is 9.60. The smallest absolute Gasteiger partial charge is 0.252 e. The maximum absolute atomic E-state index is 12.2. The summed E-state index contributed by atoms with van der Waals surface area (Å²) in [5, 5.41) is 3.54. The molecule has 1 aromatic carbocycles. The van der Waals surface area contributed by atoms with Crippen LogP contribution in [0.25, 0.3) is 0 Å². The van der Waals surface area contributed by atoms with Crippen molar-refractivity contribution in [2.45, 2.75) is 35.4 Å². The highest BCUT2D eigenvalue weighted by atomic mass is 79.9. The molecule has 0 spiro atoms. The van der Waals surface area contributed by atoms with E-state index in [1.54, 1.807) is 17.8 Å². The van der Waals surface area contributed by atoms with Crippen LogP contribution in [-0.2, 0) is 0 Å². The van der Waals surface area contributed by atoms with Crippen LogP contribution in [0.3, 0.4) is 0 Å². The van der Waals surface area contributed by atoms with Crippen molar-refractivity contribution in [1.82, 2.24) is 5.32 Å². The van der Waals surface area contributed by atoms with Gasteiger partial charge in [-0.1, -0.05) is 34.0 Å². The second-order valence-corrected chi connectivity index (χ2v) is 7.77. The SMILES string of the molecule is CSc1ccc(Cl)c(C(=O)NCC2CCCC(Br)C2)c1. The number of thioether (sulfide) groups is 1. The molecule has 20 heavy (non-hydrogen) atoms. The molecule has 1 aliphatic rings. The molecule has 2 rings (SSSR count). The average molecular weight is 377 g/mol. The Morgan fingerprint density at radius 2 is 2.30 bits per heavy atom. The van der Waals surface area contributed by atoms with E-state index in [1.165, 1.54) is 19.3 Å². The summed E-state index contributed by atoms with van der Waals surface area (Å²) in [7, 11) is 0. The molecule has 110 valence electrons. The van der Waals surface area contributed by atoms with E-state index in [4.69, 9.17) is 11.6 Å². The van der Waals surface area contributed by atoms with Crippen molar-refractivity contribution in [3.8, 4) is 0 Å². The zero-order valence-corrected chi connectivity index (χ0v) is 14.7. The van der Waals surface area contributed by atoms with Crippen molar-refractivity contribution in [1.29, 1.82) is 0 Å². The molecule has 1 aliphatic carbocycles. The zero-order chi connectivity index (χ0) is 14.5. The third-order valence-corrected chi connectivity index (χ3v) is 5.57. The lowest BCUT2D eigenvalue weighted by Crippen LogP contribution is -2.32. The molecule has 0 aliphatic heterocycles. The first kappa shape index (κ1) is 16.2. The highest BCUT2D eigenvalue weighted by Crippen LogP contribution is 2.28. The summed E-state index contributed by atoms with van der Waals surface area (Å²) in [5.41, 5.74) is 0.574. The van der Waals surface area contributed by atoms with Gasteiger partial charge in [0.05, 0.1) is 10.6 Å². The van der Waals surface area contributed by atoms with Gasteiger partial charge in [0.25, 0.3) is 5.91 Å². The lowest BCUT2D eigenvalue weighted by molar-refractivity contribution is 0.0944. The molecular formula is C15H19BrClNOS. The number of alkyl halides is 1. The second kappa shape index (κ2) is 7.71. The first-order valence-electron chi connectivity index (χ1n) is 6.86. The topological polar surface area (TPSA) is 29.1 Å². The summed E-state index contributed by atoms with van der Waals surface area (Å²) >= 11 is 11.4. The summed E-state index contributed by atoms with van der Waals surface area (Å²) in [4.78, 5) is 13.9. The Hall–Kier alpha value is -0.190. The number of hydrogen-bond donors (Lipinski definition) is 1. The molecule has 2 unspecified atom stereocenters. The van der Waals surface area contributed by atoms with Crippen LogP contribution < -0.4 is 5.32 Å². The molecule has 1 saturated carbocycles. The largest absolute Gasteiger partial charge is 0.352 e. The van der Waals surface area contributed by atoms with E-state index in [2.05, 4.69) is 21.2 Å². The van der Waals surface area contributed by atoms with Crippen LogP contribution in [-0.4, -0.2) is 23.5 Å². The quantitative estimate of drug-likeness (QED) is 0.607. The third-order valence-electron chi connectivity index (χ3n) is 3.69. The number of amides is 1. The predicted molar refractivity (Wildman–Crippen MR) is 90.2 cm³/mol. The van der Waals surface area contributed by atoms with Gasteiger partial charge in [-0.15, -0.1) is 11.8 Å². The minimum absolute atomic E-state index is 0.0670. The van der Waals surface area contributed by atoms with E-state index < -0.39 is 0 Å². The van der Waals surface area contributed by atoms with E-state index >= 15 is 0 Å². The molecule has 2 atom stereocenters. The van der Waals surface area contributed by atoms with Crippen LogP contribution >= 0.6 is 39.3 Å². The van der Waals surface area contributed by atoms with Crippen LogP contribution in [0.4, 0.5) is 0 Å². The van der Waals surface area contributed by atoms with Crippen LogP contribution in [0, 0.1) is 5.92 Å². The van der Waals surface area contributed by atoms with Gasteiger partial charge >= 0.3 is 0 Å². The van der Waals surface area contributed by atoms with Crippen molar-refractivity contribution in [3.05, 3.63) is 28.8 Å². The summed E-state index contributed by atoms with van der Waals surface area (Å²) in [6.07, 6.45) is 6.80. The van der Waals surface area contributed by atoms with E-state index in [0.717, 1.165) is 17.9 Å². The fourth-order valence-electron chi connectivity index (χ4n) is 2.55. The fourth-order valence-corrected chi connectivity index (χ4v) is 4.04. The number of hydrogen-bond acceptors (Lipinski definition) is 2. The Labute approximate surface area is 138 Å². The predicted octanol–water partition coefficient (Wildman–Crippen LogP) is 4.75. The standard InChI is InChI=1S/C15H19BrClNOS/c1-20-12-5-6-14(17)13(8-12)15(19)18-9-10-3-2-4-11(16)7-10/h5-6,8,10-11H,2-4,7,9H2,1H3,(H,18,19). The van der Waals surface area contributed by atoms with Crippen molar-refractivity contribution in [2.24, 2.45) is 5.92 Å². The van der Waals surface area contributed by atoms with Crippen LogP contribution in [0.2, 0.25) is 5.02 Å². The van der Waals surface area contributed by atoms with Gasteiger partial charge in [-0.3, -0.25) is 4.79 Å². The molecule has 5 heteroatoms. The van der Waals surface area contributed by atoms with Gasteiger partial charge < -0.3 is 5.32 Å². The van der Waals surface area contributed by atoms with Gasteiger partial charge in [-0.25, -0.2) is 0 Å². The van der Waals surface area contributed by atoms with E-state index in [1.807, 2.05) is 18.4 Å². The monoisotopic (exact) mass is 375 g/mol. The molecule has 0 radical (unpaired) electrons. The Balaban J connectivity index is 1.94. The third kappa shape index (κ3) is 4.40. The Bertz CT molecular complexity index is 483. The molecule has 0 saturated heterocycles. The van der Waals surface area contributed by atoms with E-state index in [-0.39, 0.29) is 5.91 Å². The Morgan fingerprint density at radius 3 is 3.00 bits per heavy atom. The molecular weight excluding hydrogens is 358 g/mol. The average Bonchev–Trinajstić information content (AvgIpc) is 2.45. The second-order valence-electron chi connectivity index (χ2n) is 5.19. The molecule has 0 bridgehead atoms. The van der Waals surface area contributed by atoms with Gasteiger partial charge in [-0.2, -0.15) is 0 Å². The number of halogens is 2. The highest BCUT2D eigenvalue weighted by Gasteiger charge is 2.21. The van der Waals surface area contributed by atoms with Gasteiger partial charge in [0, 0.05) is 16.3 Å². The van der Waals surface area contributed by atoms with E-state index in [9.17, 15) is 4.79 Å². The summed E-state index contributed by atoms with van der Waals surface area (Å²) in [5.74, 6) is 0.502. The van der Waals surface area contributed by atoms with Crippen molar-refractivity contribution >= 4 is 45.2 Å². The molecule has 1 N–H and O–H groups in total. The van der Waals surface area contributed by atoms with E-state index in [0.29, 0.717) is 21.3 Å². The minimum atomic E-state index is -0.0670. The number of benzene rings is 1. The van der Waals surface area contributed by atoms with Crippen molar-refractivity contribution in [2.75, 3.05) is 12.8 Å². The van der Waals surface area contributed by atoms with Crippen molar-refractivity contribution in [3.63, 3.8) is 0 Å². The number of carbonyl (C=O) groups is 1. The maximum atomic E-state index is 12.2. The molecule has 2 nitrogen and oxygen atoms in total. The molecule has 0 aromatic heterocycles. The van der Waals surface area contributed by atoms with Crippen LogP contribution in [0.5, 0.6) is 0 Å². The van der Waals surface area contributed by atoms with Gasteiger partial charge in [0.1, 0.15) is 0 Å². The Morgan fingerprint density at radius 1 is 1.50 bits per heavy atom. The molecule has 1 fully saturated rings. The summed E-state index contributed by atoms with van der Waals surface area (Å²) in [6, 6.07) is 5.58. The van der Waals surface area contributed by atoms with Gasteiger partial charge in [-0.05, 0) is 49.6 Å². The number of rotatable bonds is 4. The lowest BCUT2D eigenvalue weighted by atomic mass is 9.89.